The fourth-order valence-electron chi connectivity index (χ4n) is 9.26. The van der Waals surface area contributed by atoms with Gasteiger partial charge < -0.3 is 31.3 Å². The van der Waals surface area contributed by atoms with Gasteiger partial charge in [-0.25, -0.2) is 4.98 Å². The number of rotatable bonds is 23. The number of ether oxygens (including phenoxy) is 1. The average molecular weight is 1320 g/mol. The molecule has 3 aromatic heterocycles. The summed E-state index contributed by atoms with van der Waals surface area (Å²) in [6.07, 6.45) is 2.91. The molecule has 7 aromatic carbocycles. The fraction of sp³-hybridized carbons (Fsp3) is 0.200. The quantitative estimate of drug-likeness (QED) is 0.0168. The molecule has 496 valence electrons. The molecular formula is C75H78N14O7S. The summed E-state index contributed by atoms with van der Waals surface area (Å²) >= 11 is 1.47. The summed E-state index contributed by atoms with van der Waals surface area (Å²) < 4.78 is 5.22. The van der Waals surface area contributed by atoms with Crippen LogP contribution < -0.4 is 47.3 Å². The van der Waals surface area contributed by atoms with Crippen molar-refractivity contribution in [2.45, 2.75) is 85.4 Å². The Bertz CT molecular complexity index is 4180. The Balaban J connectivity index is 0.000000187. The lowest BCUT2D eigenvalue weighted by Crippen LogP contribution is -2.18. The third kappa shape index (κ3) is 22.8. The molecule has 0 bridgehead atoms. The highest BCUT2D eigenvalue weighted by Gasteiger charge is 2.18. The van der Waals surface area contributed by atoms with Crippen LogP contribution >= 0.6 is 11.8 Å². The molecule has 0 aliphatic heterocycles. The second kappa shape index (κ2) is 35.6. The molecule has 6 amide bonds. The number of carbonyl (C=O) groups excluding carboxylic acids is 6. The summed E-state index contributed by atoms with van der Waals surface area (Å²) in [5, 5.41) is 23.6. The van der Waals surface area contributed by atoms with Gasteiger partial charge in [-0.05, 0) is 145 Å². The van der Waals surface area contributed by atoms with E-state index in [1.807, 2.05) is 146 Å². The molecule has 0 spiro atoms. The SMILES string of the molecule is CCCCNc1cc(NC(=O)c2cccc(C)c2)nc(NC(=O)c2cccc(C)c2)n1.CCCNc1cc(NC(=O)c2cccc(C)c2)nc(NC(=O)c2cccc(C)c2)n1.COc1ccc(CSc2cc(NC(=O)c3cccc(C)c3)nc(NC(=O)c3cccc(C)c3)n2)cc1. The van der Waals surface area contributed by atoms with Crippen LogP contribution in [0.15, 0.2) is 193 Å². The minimum Gasteiger partial charge on any atom is -0.497 e. The zero-order valence-electron chi connectivity index (χ0n) is 55.6. The monoisotopic (exact) mass is 1320 g/mol. The number of amides is 6. The molecule has 10 rings (SSSR count). The molecular weight excluding hydrogens is 1240 g/mol. The Morgan fingerprint density at radius 2 is 0.660 bits per heavy atom. The largest absolute Gasteiger partial charge is 0.497 e. The smallest absolute Gasteiger partial charge is 0.258 e. The normalized spacial score (nSPS) is 10.4. The van der Waals surface area contributed by atoms with E-state index in [4.69, 9.17) is 4.74 Å². The Kier molecular flexibility index (Phi) is 26.1. The summed E-state index contributed by atoms with van der Waals surface area (Å²) in [5.74, 6) is 1.91. The van der Waals surface area contributed by atoms with E-state index in [0.717, 1.165) is 70.5 Å². The van der Waals surface area contributed by atoms with Crippen LogP contribution in [0, 0.1) is 41.5 Å². The predicted molar refractivity (Wildman–Crippen MR) is 386 cm³/mol. The van der Waals surface area contributed by atoms with Gasteiger partial charge in [0, 0.05) is 70.4 Å². The number of aryl methyl sites for hydroxylation is 6. The summed E-state index contributed by atoms with van der Waals surface area (Å²) in [7, 11) is 1.63. The molecule has 22 heteroatoms. The van der Waals surface area contributed by atoms with E-state index in [1.165, 1.54) is 11.8 Å². The van der Waals surface area contributed by atoms with Crippen molar-refractivity contribution in [2.75, 3.05) is 62.7 Å². The molecule has 8 N–H and O–H groups in total. The van der Waals surface area contributed by atoms with Crippen molar-refractivity contribution in [2.24, 2.45) is 0 Å². The Morgan fingerprint density at radius 1 is 0.351 bits per heavy atom. The summed E-state index contributed by atoms with van der Waals surface area (Å²) in [6, 6.07) is 56.4. The number of hydrogen-bond acceptors (Lipinski definition) is 16. The second-order valence-electron chi connectivity index (χ2n) is 22.6. The van der Waals surface area contributed by atoms with Crippen LogP contribution in [0.25, 0.3) is 0 Å². The zero-order valence-corrected chi connectivity index (χ0v) is 56.4. The highest BCUT2D eigenvalue weighted by Crippen LogP contribution is 2.27. The lowest BCUT2D eigenvalue weighted by atomic mass is 10.1. The van der Waals surface area contributed by atoms with E-state index < -0.39 is 0 Å². The molecule has 10 aromatic rings. The van der Waals surface area contributed by atoms with Crippen LogP contribution in [0.2, 0.25) is 0 Å². The van der Waals surface area contributed by atoms with Gasteiger partial charge in [0.1, 0.15) is 39.9 Å². The van der Waals surface area contributed by atoms with Gasteiger partial charge in [-0.2, -0.15) is 24.9 Å². The van der Waals surface area contributed by atoms with Crippen molar-refractivity contribution in [1.82, 2.24) is 29.9 Å². The molecule has 0 fully saturated rings. The van der Waals surface area contributed by atoms with Crippen molar-refractivity contribution in [3.05, 3.63) is 260 Å². The van der Waals surface area contributed by atoms with Gasteiger partial charge in [-0.1, -0.05) is 139 Å². The number of methoxy groups -OCH3 is 1. The first kappa shape index (κ1) is 71.2. The van der Waals surface area contributed by atoms with Crippen molar-refractivity contribution in [3.8, 4) is 5.75 Å². The molecule has 3 heterocycles. The van der Waals surface area contributed by atoms with Crippen molar-refractivity contribution >= 4 is 94.1 Å². The standard InChI is InChI=1S/C28H26N4O3S.C24H27N5O2.C23H25N5O2/c1-18-6-4-8-21(14-18)26(33)29-24-16-25(36-17-20-10-12-23(35-3)13-11-20)31-28(30-24)32-27(34)22-9-5-7-19(2)15-22;1-4-5-12-25-20-15-21(26-22(30)18-10-6-8-16(2)13-18)28-24(27-20)29-23(31)19-11-7-9-17(3)14-19;1-4-11-24-19-14-20(25-21(29)17-9-5-7-15(2)12-17)27-23(26-19)28-22(30)18-10-6-8-16(3)13-18/h4-16H,17H2,1-3H3,(H2,29,30,31,32,33,34);6-11,13-15H,4-5,12H2,1-3H3,(H3,25,26,27,28,29,30,31);5-10,12-14H,4,11H2,1-3H3,(H3,24,25,26,27,28,29,30). The van der Waals surface area contributed by atoms with E-state index in [-0.39, 0.29) is 53.3 Å². The predicted octanol–water partition coefficient (Wildman–Crippen LogP) is 15.1. The van der Waals surface area contributed by atoms with E-state index in [0.29, 0.717) is 79.8 Å². The van der Waals surface area contributed by atoms with Crippen molar-refractivity contribution in [1.29, 1.82) is 0 Å². The van der Waals surface area contributed by atoms with Gasteiger partial charge in [-0.3, -0.25) is 44.7 Å². The molecule has 0 unspecified atom stereocenters. The minimum absolute atomic E-state index is 0.112. The summed E-state index contributed by atoms with van der Waals surface area (Å²) in [5.41, 5.74) is 10.1. The van der Waals surface area contributed by atoms with Gasteiger partial charge in [0.2, 0.25) is 17.8 Å². The van der Waals surface area contributed by atoms with E-state index in [1.54, 1.807) is 98.1 Å². The number of carbonyl (C=O) groups is 6. The molecule has 0 atom stereocenters. The van der Waals surface area contributed by atoms with Crippen LogP contribution in [0.3, 0.4) is 0 Å². The number of thioether (sulfide) groups is 1. The molecule has 0 aliphatic carbocycles. The van der Waals surface area contributed by atoms with Crippen LogP contribution in [-0.4, -0.2) is 85.5 Å². The van der Waals surface area contributed by atoms with Crippen molar-refractivity contribution in [3.63, 3.8) is 0 Å². The van der Waals surface area contributed by atoms with Gasteiger partial charge in [0.15, 0.2) is 0 Å². The molecule has 97 heavy (non-hydrogen) atoms. The van der Waals surface area contributed by atoms with E-state index in [2.05, 4.69) is 79.4 Å². The molecule has 0 saturated heterocycles. The number of aromatic nitrogens is 6. The van der Waals surface area contributed by atoms with Gasteiger partial charge in [-0.15, -0.1) is 11.8 Å². The minimum atomic E-state index is -0.327. The summed E-state index contributed by atoms with van der Waals surface area (Å²) in [6.45, 7) is 17.1. The zero-order chi connectivity index (χ0) is 69.2. The molecule has 0 saturated carbocycles. The number of hydrogen-bond donors (Lipinski definition) is 8. The molecule has 21 nitrogen and oxygen atoms in total. The number of benzene rings is 7. The topological polar surface area (TPSA) is 285 Å². The maximum absolute atomic E-state index is 12.8. The van der Waals surface area contributed by atoms with Gasteiger partial charge in [0.25, 0.3) is 35.4 Å². The first-order chi connectivity index (χ1) is 46.8. The first-order valence-corrected chi connectivity index (χ1v) is 32.5. The third-order valence-electron chi connectivity index (χ3n) is 14.2. The number of nitrogens with zero attached hydrogens (tertiary/aromatic N) is 6. The van der Waals surface area contributed by atoms with Crippen LogP contribution in [0.4, 0.5) is 46.9 Å². The van der Waals surface area contributed by atoms with Crippen LogP contribution in [0.1, 0.15) is 134 Å². The van der Waals surface area contributed by atoms with Gasteiger partial charge in [0.05, 0.1) is 7.11 Å². The summed E-state index contributed by atoms with van der Waals surface area (Å²) in [4.78, 5) is 102. The first-order valence-electron chi connectivity index (χ1n) is 31.5. The molecule has 0 radical (unpaired) electrons. The maximum atomic E-state index is 12.8. The van der Waals surface area contributed by atoms with Crippen molar-refractivity contribution < 1.29 is 33.5 Å². The number of anilines is 8. The molecule has 0 aliphatic rings. The number of unbranched alkanes of at least 4 members (excludes halogenated alkanes) is 1. The second-order valence-corrected chi connectivity index (χ2v) is 23.6. The highest BCUT2D eigenvalue weighted by atomic mass is 32.2. The third-order valence-corrected chi connectivity index (χ3v) is 15.2. The fourth-order valence-corrected chi connectivity index (χ4v) is 10.1. The highest BCUT2D eigenvalue weighted by molar-refractivity contribution is 7.98. The Labute approximate surface area is 569 Å². The maximum Gasteiger partial charge on any atom is 0.258 e. The van der Waals surface area contributed by atoms with E-state index >= 15 is 0 Å². The average Bonchev–Trinajstić information content (AvgIpc) is 0.871. The van der Waals surface area contributed by atoms with Gasteiger partial charge >= 0.3 is 0 Å². The lowest BCUT2D eigenvalue weighted by Gasteiger charge is -2.12. The lowest BCUT2D eigenvalue weighted by molar-refractivity contribution is 0.101. The Morgan fingerprint density at radius 3 is 0.979 bits per heavy atom. The number of nitrogens with one attached hydrogen (secondary N) is 8. The van der Waals surface area contributed by atoms with Crippen LogP contribution in [0.5, 0.6) is 5.75 Å². The van der Waals surface area contributed by atoms with Crippen LogP contribution in [-0.2, 0) is 5.75 Å². The Hall–Kier alpha value is -11.7. The van der Waals surface area contributed by atoms with E-state index in [9.17, 15) is 28.8 Å².